The maximum atomic E-state index is 13.4. The van der Waals surface area contributed by atoms with Gasteiger partial charge in [-0.25, -0.2) is 4.39 Å². The lowest BCUT2D eigenvalue weighted by Gasteiger charge is -2.49. The zero-order chi connectivity index (χ0) is 25.2. The number of hydrogen-bond acceptors (Lipinski definition) is 5. The third-order valence-electron chi connectivity index (χ3n) is 7.03. The van der Waals surface area contributed by atoms with Crippen molar-refractivity contribution in [3.63, 3.8) is 0 Å². The first-order valence-corrected chi connectivity index (χ1v) is 12.3. The molecule has 0 bridgehead atoms. The van der Waals surface area contributed by atoms with Gasteiger partial charge in [0, 0.05) is 55.6 Å². The normalized spacial score (nSPS) is 19.3. The molecule has 1 fully saturated rings. The summed E-state index contributed by atoms with van der Waals surface area (Å²) in [5.74, 6) is -0.818. The molecule has 1 amide bonds. The van der Waals surface area contributed by atoms with Gasteiger partial charge >= 0.3 is 0 Å². The SMILES string of the molecule is O=C(NCc1ccc(F)cc1)[C@@H]1Cc2cc([N+](=O)[O-])ccc2N2CCN(Cc3ccc(Cl)cc3)C[C@@H]12. The van der Waals surface area contributed by atoms with Gasteiger partial charge in [0.2, 0.25) is 5.91 Å². The van der Waals surface area contributed by atoms with E-state index in [4.69, 9.17) is 11.6 Å². The topological polar surface area (TPSA) is 78.7 Å². The Morgan fingerprint density at radius 2 is 1.78 bits per heavy atom. The van der Waals surface area contributed by atoms with E-state index in [-0.39, 0.29) is 29.4 Å². The van der Waals surface area contributed by atoms with Crippen molar-refractivity contribution in [2.45, 2.75) is 25.6 Å². The van der Waals surface area contributed by atoms with Crippen molar-refractivity contribution in [1.29, 1.82) is 0 Å². The highest BCUT2D eigenvalue weighted by molar-refractivity contribution is 6.30. The summed E-state index contributed by atoms with van der Waals surface area (Å²) in [6, 6.07) is 18.7. The second-order valence-electron chi connectivity index (χ2n) is 9.35. The minimum absolute atomic E-state index is 0.0269. The minimum Gasteiger partial charge on any atom is -0.365 e. The van der Waals surface area contributed by atoms with E-state index in [1.807, 2.05) is 30.3 Å². The van der Waals surface area contributed by atoms with Gasteiger partial charge in [-0.05, 0) is 53.4 Å². The molecule has 0 spiro atoms. The summed E-state index contributed by atoms with van der Waals surface area (Å²) in [4.78, 5) is 29.0. The van der Waals surface area contributed by atoms with Gasteiger partial charge in [-0.15, -0.1) is 0 Å². The fourth-order valence-corrected chi connectivity index (χ4v) is 5.32. The van der Waals surface area contributed by atoms with Gasteiger partial charge in [-0.3, -0.25) is 19.8 Å². The number of amides is 1. The summed E-state index contributed by atoms with van der Waals surface area (Å²) >= 11 is 6.03. The highest BCUT2D eigenvalue weighted by Crippen LogP contribution is 2.38. The third kappa shape index (κ3) is 5.20. The van der Waals surface area contributed by atoms with Crippen LogP contribution in [0, 0.1) is 21.8 Å². The average Bonchev–Trinajstić information content (AvgIpc) is 2.88. The molecule has 0 saturated carbocycles. The molecule has 0 unspecified atom stereocenters. The van der Waals surface area contributed by atoms with E-state index in [2.05, 4.69) is 15.1 Å². The number of halogens is 2. The first-order valence-electron chi connectivity index (χ1n) is 11.9. The standard InChI is InChI=1S/C27H26ClFN4O3/c28-21-5-1-19(2-6-21)16-31-11-12-32-25-10-9-23(33(35)36)13-20(25)14-24(26(32)17-31)27(34)30-15-18-3-7-22(29)8-4-18/h1-10,13,24,26H,11-12,14-17H2,(H,30,34)/t24-,26+/m1/s1. The third-order valence-corrected chi connectivity index (χ3v) is 7.28. The first-order chi connectivity index (χ1) is 17.4. The van der Waals surface area contributed by atoms with E-state index in [0.29, 0.717) is 31.1 Å². The molecule has 2 aliphatic heterocycles. The van der Waals surface area contributed by atoms with Crippen molar-refractivity contribution in [2.75, 3.05) is 24.5 Å². The monoisotopic (exact) mass is 508 g/mol. The minimum atomic E-state index is -0.403. The Kier molecular flexibility index (Phi) is 6.89. The quantitative estimate of drug-likeness (QED) is 0.390. The van der Waals surface area contributed by atoms with Crippen LogP contribution >= 0.6 is 11.6 Å². The van der Waals surface area contributed by atoms with Crippen LogP contribution in [0.15, 0.2) is 66.7 Å². The van der Waals surface area contributed by atoms with Gasteiger partial charge in [0.25, 0.3) is 5.69 Å². The van der Waals surface area contributed by atoms with E-state index in [9.17, 15) is 19.3 Å². The Morgan fingerprint density at radius 1 is 1.06 bits per heavy atom. The molecule has 36 heavy (non-hydrogen) atoms. The summed E-state index contributed by atoms with van der Waals surface area (Å²) in [5, 5.41) is 15.1. The Labute approximate surface area is 213 Å². The van der Waals surface area contributed by atoms with E-state index >= 15 is 0 Å². The molecule has 0 radical (unpaired) electrons. The van der Waals surface area contributed by atoms with Crippen molar-refractivity contribution < 1.29 is 14.1 Å². The van der Waals surface area contributed by atoms with Crippen LogP contribution in [0.5, 0.6) is 0 Å². The van der Waals surface area contributed by atoms with Gasteiger partial charge in [0.15, 0.2) is 0 Å². The maximum Gasteiger partial charge on any atom is 0.269 e. The van der Waals surface area contributed by atoms with E-state index < -0.39 is 4.92 Å². The number of benzene rings is 3. The number of anilines is 1. The van der Waals surface area contributed by atoms with Crippen molar-refractivity contribution in [3.05, 3.63) is 104 Å². The largest absolute Gasteiger partial charge is 0.365 e. The molecule has 186 valence electrons. The van der Waals surface area contributed by atoms with Gasteiger partial charge in [-0.2, -0.15) is 0 Å². The van der Waals surface area contributed by atoms with Crippen LogP contribution in [-0.2, 0) is 24.3 Å². The Bertz CT molecular complexity index is 1270. The van der Waals surface area contributed by atoms with Crippen LogP contribution in [0.25, 0.3) is 0 Å². The molecule has 1 saturated heterocycles. The van der Waals surface area contributed by atoms with E-state index in [0.717, 1.165) is 35.5 Å². The predicted octanol–water partition coefficient (Wildman–Crippen LogP) is 4.57. The van der Waals surface area contributed by atoms with Crippen LogP contribution in [0.1, 0.15) is 16.7 Å². The molecular weight excluding hydrogens is 483 g/mol. The number of nitro benzene ring substituents is 1. The summed E-state index contributed by atoms with van der Waals surface area (Å²) < 4.78 is 13.3. The summed E-state index contributed by atoms with van der Waals surface area (Å²) in [6.45, 7) is 3.25. The molecule has 0 aromatic heterocycles. The number of fused-ring (bicyclic) bond motifs is 3. The predicted molar refractivity (Wildman–Crippen MR) is 136 cm³/mol. The smallest absolute Gasteiger partial charge is 0.269 e. The van der Waals surface area contributed by atoms with Crippen LogP contribution in [0.4, 0.5) is 15.8 Å². The number of rotatable bonds is 6. The van der Waals surface area contributed by atoms with E-state index in [1.54, 1.807) is 18.2 Å². The lowest BCUT2D eigenvalue weighted by molar-refractivity contribution is -0.384. The first kappa shape index (κ1) is 24.2. The van der Waals surface area contributed by atoms with Crippen molar-refractivity contribution >= 4 is 28.9 Å². The molecule has 3 aromatic carbocycles. The molecule has 9 heteroatoms. The molecule has 0 aliphatic carbocycles. The second-order valence-corrected chi connectivity index (χ2v) is 9.78. The molecular formula is C27H26ClFN4O3. The second kappa shape index (κ2) is 10.2. The summed E-state index contributed by atoms with van der Waals surface area (Å²) in [5.41, 5.74) is 3.75. The molecule has 2 atom stereocenters. The van der Waals surface area contributed by atoms with Crippen molar-refractivity contribution in [1.82, 2.24) is 10.2 Å². The zero-order valence-electron chi connectivity index (χ0n) is 19.6. The highest BCUT2D eigenvalue weighted by Gasteiger charge is 2.41. The summed E-state index contributed by atoms with van der Waals surface area (Å²) in [7, 11) is 0. The van der Waals surface area contributed by atoms with E-state index in [1.165, 1.54) is 18.2 Å². The number of non-ortho nitro benzene ring substituents is 1. The fourth-order valence-electron chi connectivity index (χ4n) is 5.20. The molecule has 3 aromatic rings. The van der Waals surface area contributed by atoms with Crippen LogP contribution < -0.4 is 10.2 Å². The van der Waals surface area contributed by atoms with Gasteiger partial charge in [0.05, 0.1) is 16.9 Å². The molecule has 5 rings (SSSR count). The van der Waals surface area contributed by atoms with Crippen LogP contribution in [-0.4, -0.2) is 41.4 Å². The number of nitrogens with one attached hydrogen (secondary N) is 1. The molecule has 2 aliphatic rings. The van der Waals surface area contributed by atoms with Gasteiger partial charge < -0.3 is 10.2 Å². The average molecular weight is 509 g/mol. The van der Waals surface area contributed by atoms with Crippen molar-refractivity contribution in [2.24, 2.45) is 5.92 Å². The number of hydrogen-bond donors (Lipinski definition) is 1. The molecule has 7 nitrogen and oxygen atoms in total. The number of nitro groups is 1. The van der Waals surface area contributed by atoms with Crippen LogP contribution in [0.2, 0.25) is 5.02 Å². The fraction of sp³-hybridized carbons (Fsp3) is 0.296. The number of nitrogens with zero attached hydrogens (tertiary/aromatic N) is 3. The van der Waals surface area contributed by atoms with Gasteiger partial charge in [0.1, 0.15) is 5.82 Å². The number of piperazine rings is 1. The molecule has 2 heterocycles. The number of carbonyl (C=O) groups excluding carboxylic acids is 1. The lowest BCUT2D eigenvalue weighted by atomic mass is 9.83. The number of carbonyl (C=O) groups is 1. The maximum absolute atomic E-state index is 13.4. The zero-order valence-corrected chi connectivity index (χ0v) is 20.3. The highest BCUT2D eigenvalue weighted by atomic mass is 35.5. The van der Waals surface area contributed by atoms with Gasteiger partial charge in [-0.1, -0.05) is 35.9 Å². The Morgan fingerprint density at radius 3 is 2.50 bits per heavy atom. The summed E-state index contributed by atoms with van der Waals surface area (Å²) in [6.07, 6.45) is 0.419. The Balaban J connectivity index is 1.38. The lowest BCUT2D eigenvalue weighted by Crippen LogP contribution is -2.60. The van der Waals surface area contributed by atoms with Crippen molar-refractivity contribution in [3.8, 4) is 0 Å². The van der Waals surface area contributed by atoms with Crippen LogP contribution in [0.3, 0.4) is 0 Å². The molecule has 1 N–H and O–H groups in total. The Hall–Kier alpha value is -3.49.